The molecule has 1 radical (unpaired) electrons. The van der Waals surface area contributed by atoms with Crippen molar-refractivity contribution in [3.63, 3.8) is 0 Å². The topological polar surface area (TPSA) is 30.7 Å². The molecule has 0 spiro atoms. The van der Waals surface area contributed by atoms with Gasteiger partial charge in [-0.1, -0.05) is 23.2 Å². The molecule has 0 amide bonds. The number of halogens is 2. The SMILES string of the molecule is Clc1ccc(-c2n[c]n(C3CC3)n2)c(Cl)c1. The smallest absolute Gasteiger partial charge is 0.196 e. The van der Waals surface area contributed by atoms with Crippen molar-refractivity contribution in [1.82, 2.24) is 14.8 Å². The molecule has 1 aromatic carbocycles. The lowest BCUT2D eigenvalue weighted by atomic mass is 10.2. The average Bonchev–Trinajstić information content (AvgIpc) is 2.98. The zero-order valence-corrected chi connectivity index (χ0v) is 9.83. The molecule has 5 heteroatoms. The summed E-state index contributed by atoms with van der Waals surface area (Å²) in [6, 6.07) is 5.77. The molecule has 1 aliphatic rings. The molecule has 0 N–H and O–H groups in total. The molecule has 1 saturated carbocycles. The second-order valence-corrected chi connectivity index (χ2v) is 4.68. The van der Waals surface area contributed by atoms with Gasteiger partial charge in [0.1, 0.15) is 0 Å². The Balaban J connectivity index is 2.00. The first-order valence-corrected chi connectivity index (χ1v) is 5.79. The van der Waals surface area contributed by atoms with E-state index in [0.29, 0.717) is 21.9 Å². The first-order chi connectivity index (χ1) is 7.74. The van der Waals surface area contributed by atoms with Crippen molar-refractivity contribution in [3.05, 3.63) is 34.6 Å². The van der Waals surface area contributed by atoms with Crippen LogP contribution >= 0.6 is 23.2 Å². The van der Waals surface area contributed by atoms with Gasteiger partial charge in [0.25, 0.3) is 0 Å². The van der Waals surface area contributed by atoms with E-state index in [0.717, 1.165) is 18.4 Å². The van der Waals surface area contributed by atoms with Crippen LogP contribution in [0.25, 0.3) is 11.4 Å². The van der Waals surface area contributed by atoms with Crippen LogP contribution in [-0.4, -0.2) is 14.8 Å². The van der Waals surface area contributed by atoms with Crippen LogP contribution in [0.5, 0.6) is 0 Å². The van der Waals surface area contributed by atoms with Gasteiger partial charge in [0.05, 0.1) is 11.1 Å². The largest absolute Gasteiger partial charge is 0.239 e. The van der Waals surface area contributed by atoms with Gasteiger partial charge in [-0.05, 0) is 31.0 Å². The van der Waals surface area contributed by atoms with Gasteiger partial charge in [0.2, 0.25) is 0 Å². The van der Waals surface area contributed by atoms with Crippen molar-refractivity contribution in [2.75, 3.05) is 0 Å². The Labute approximate surface area is 103 Å². The van der Waals surface area contributed by atoms with E-state index in [1.54, 1.807) is 16.8 Å². The number of rotatable bonds is 2. The maximum absolute atomic E-state index is 6.08. The number of hydrogen-bond acceptors (Lipinski definition) is 2. The highest BCUT2D eigenvalue weighted by molar-refractivity contribution is 6.36. The summed E-state index contributed by atoms with van der Waals surface area (Å²) in [5.74, 6) is 0.605. The Morgan fingerprint density at radius 2 is 2.12 bits per heavy atom. The highest BCUT2D eigenvalue weighted by atomic mass is 35.5. The summed E-state index contributed by atoms with van der Waals surface area (Å²) >= 11 is 11.9. The average molecular weight is 253 g/mol. The minimum absolute atomic E-state index is 0.479. The van der Waals surface area contributed by atoms with E-state index < -0.39 is 0 Å². The van der Waals surface area contributed by atoms with Crippen LogP contribution in [0.1, 0.15) is 18.9 Å². The number of nitrogens with zero attached hydrogens (tertiary/aromatic N) is 3. The summed E-state index contributed by atoms with van der Waals surface area (Å²) in [5, 5.41) is 5.53. The van der Waals surface area contributed by atoms with Crippen LogP contribution in [-0.2, 0) is 0 Å². The maximum Gasteiger partial charge on any atom is 0.196 e. The van der Waals surface area contributed by atoms with E-state index in [-0.39, 0.29) is 0 Å². The molecule has 0 unspecified atom stereocenters. The zero-order valence-electron chi connectivity index (χ0n) is 8.32. The first kappa shape index (κ1) is 10.1. The van der Waals surface area contributed by atoms with Crippen LogP contribution in [0.4, 0.5) is 0 Å². The van der Waals surface area contributed by atoms with Gasteiger partial charge >= 0.3 is 0 Å². The predicted molar refractivity (Wildman–Crippen MR) is 62.6 cm³/mol. The zero-order chi connectivity index (χ0) is 11.1. The molecule has 3 rings (SSSR count). The minimum Gasteiger partial charge on any atom is -0.239 e. The summed E-state index contributed by atoms with van der Waals surface area (Å²) in [4.78, 5) is 4.14. The normalized spacial score (nSPS) is 15.4. The summed E-state index contributed by atoms with van der Waals surface area (Å²) < 4.78 is 1.78. The van der Waals surface area contributed by atoms with E-state index in [9.17, 15) is 0 Å². The highest BCUT2D eigenvalue weighted by Gasteiger charge is 2.25. The van der Waals surface area contributed by atoms with Crippen LogP contribution < -0.4 is 0 Å². The van der Waals surface area contributed by atoms with E-state index >= 15 is 0 Å². The summed E-state index contributed by atoms with van der Waals surface area (Å²) in [6.07, 6.45) is 5.19. The van der Waals surface area contributed by atoms with Gasteiger partial charge < -0.3 is 0 Å². The van der Waals surface area contributed by atoms with Gasteiger partial charge in [-0.15, -0.1) is 5.10 Å². The fourth-order valence-corrected chi connectivity index (χ4v) is 2.01. The lowest BCUT2D eigenvalue weighted by molar-refractivity contribution is 0.636. The van der Waals surface area contributed by atoms with E-state index in [1.165, 1.54) is 0 Å². The molecule has 16 heavy (non-hydrogen) atoms. The highest BCUT2D eigenvalue weighted by Crippen LogP contribution is 2.35. The fourth-order valence-electron chi connectivity index (χ4n) is 1.51. The van der Waals surface area contributed by atoms with Crippen LogP contribution in [0.2, 0.25) is 10.0 Å². The predicted octanol–water partition coefficient (Wildman–Crippen LogP) is 3.39. The Kier molecular flexibility index (Phi) is 2.37. The molecule has 1 fully saturated rings. The van der Waals surface area contributed by atoms with E-state index in [4.69, 9.17) is 23.2 Å². The van der Waals surface area contributed by atoms with Gasteiger partial charge in [0.15, 0.2) is 12.2 Å². The number of hydrogen-bond donors (Lipinski definition) is 0. The van der Waals surface area contributed by atoms with Gasteiger partial charge in [-0.3, -0.25) is 0 Å². The molecule has 0 atom stereocenters. The summed E-state index contributed by atoms with van der Waals surface area (Å²) in [6.45, 7) is 0. The van der Waals surface area contributed by atoms with Crippen LogP contribution in [0.15, 0.2) is 18.2 Å². The van der Waals surface area contributed by atoms with Crippen molar-refractivity contribution < 1.29 is 0 Å². The lowest BCUT2D eigenvalue weighted by Crippen LogP contribution is -1.94. The van der Waals surface area contributed by atoms with Crippen molar-refractivity contribution in [2.45, 2.75) is 18.9 Å². The third kappa shape index (κ3) is 1.81. The Bertz CT molecular complexity index is 532. The van der Waals surface area contributed by atoms with Gasteiger partial charge in [-0.25, -0.2) is 9.67 Å². The standard InChI is InChI=1S/C11H8Cl2N3/c12-7-1-4-9(10(13)5-7)11-14-6-16(15-11)8-2-3-8/h1,4-5,8H,2-3H2. The Morgan fingerprint density at radius 1 is 1.31 bits per heavy atom. The van der Waals surface area contributed by atoms with E-state index in [2.05, 4.69) is 16.4 Å². The Hall–Kier alpha value is -1.06. The second-order valence-electron chi connectivity index (χ2n) is 3.84. The fraction of sp³-hybridized carbons (Fsp3) is 0.273. The van der Waals surface area contributed by atoms with E-state index in [1.807, 2.05) is 6.07 Å². The molecule has 1 aliphatic carbocycles. The molecule has 1 aromatic heterocycles. The molecule has 2 aromatic rings. The molecule has 81 valence electrons. The molecule has 0 bridgehead atoms. The van der Waals surface area contributed by atoms with Crippen LogP contribution in [0.3, 0.4) is 0 Å². The monoisotopic (exact) mass is 252 g/mol. The molecule has 0 aliphatic heterocycles. The Morgan fingerprint density at radius 3 is 2.81 bits per heavy atom. The summed E-state index contributed by atoms with van der Waals surface area (Å²) in [5.41, 5.74) is 0.793. The van der Waals surface area contributed by atoms with Crippen molar-refractivity contribution in [3.8, 4) is 11.4 Å². The van der Waals surface area contributed by atoms with Crippen molar-refractivity contribution in [2.24, 2.45) is 0 Å². The van der Waals surface area contributed by atoms with Crippen molar-refractivity contribution in [1.29, 1.82) is 0 Å². The number of benzene rings is 1. The minimum atomic E-state index is 0.479. The van der Waals surface area contributed by atoms with Gasteiger partial charge in [-0.2, -0.15) is 0 Å². The molecule has 1 heterocycles. The van der Waals surface area contributed by atoms with Crippen molar-refractivity contribution >= 4 is 23.2 Å². The molecule has 3 nitrogen and oxygen atoms in total. The summed E-state index contributed by atoms with van der Waals surface area (Å²) in [7, 11) is 0. The van der Waals surface area contributed by atoms with Crippen LogP contribution in [0, 0.1) is 6.33 Å². The second kappa shape index (κ2) is 3.75. The number of aromatic nitrogens is 3. The molecular weight excluding hydrogens is 245 g/mol. The third-order valence-electron chi connectivity index (χ3n) is 2.53. The quantitative estimate of drug-likeness (QED) is 0.821. The van der Waals surface area contributed by atoms with Gasteiger partial charge in [0, 0.05) is 10.6 Å². The first-order valence-electron chi connectivity index (χ1n) is 5.04. The molecular formula is C11H8Cl2N3. The maximum atomic E-state index is 6.08. The lowest BCUT2D eigenvalue weighted by Gasteiger charge is -1.99. The third-order valence-corrected chi connectivity index (χ3v) is 3.07. The molecule has 0 saturated heterocycles.